The second kappa shape index (κ2) is 7.36. The maximum Gasteiger partial charge on any atom is 0.407 e. The van der Waals surface area contributed by atoms with E-state index in [2.05, 4.69) is 10.3 Å². The van der Waals surface area contributed by atoms with E-state index in [-0.39, 0.29) is 13.2 Å². The van der Waals surface area contributed by atoms with Gasteiger partial charge in [-0.15, -0.1) is 11.3 Å². The predicted octanol–water partition coefficient (Wildman–Crippen LogP) is 1.69. The van der Waals surface area contributed by atoms with Gasteiger partial charge in [0.25, 0.3) is 5.91 Å². The number of carbonyl (C=O) groups is 2. The SMILES string of the molecule is O=C(NCc1ccc(C(=O)NO)cc1)OCc1nccs1. The summed E-state index contributed by atoms with van der Waals surface area (Å²) < 4.78 is 4.99. The summed E-state index contributed by atoms with van der Waals surface area (Å²) in [5.41, 5.74) is 2.68. The van der Waals surface area contributed by atoms with Crippen LogP contribution < -0.4 is 10.8 Å². The lowest BCUT2D eigenvalue weighted by Gasteiger charge is -2.06. The van der Waals surface area contributed by atoms with Crippen molar-refractivity contribution in [2.24, 2.45) is 0 Å². The Labute approximate surface area is 124 Å². The van der Waals surface area contributed by atoms with Crippen molar-refractivity contribution in [3.8, 4) is 0 Å². The number of hydrogen-bond acceptors (Lipinski definition) is 6. The Balaban J connectivity index is 1.77. The summed E-state index contributed by atoms with van der Waals surface area (Å²) in [7, 11) is 0. The standard InChI is InChI=1S/C13H13N3O4S/c17-12(16-19)10-3-1-9(2-4-10)7-15-13(18)20-8-11-14-5-6-21-11/h1-6,19H,7-8H2,(H,15,18)(H,16,17). The summed E-state index contributed by atoms with van der Waals surface area (Å²) in [5.74, 6) is -0.586. The molecule has 0 atom stereocenters. The number of thiazole rings is 1. The Hall–Kier alpha value is -2.45. The molecule has 0 aliphatic carbocycles. The zero-order valence-corrected chi connectivity index (χ0v) is 11.7. The molecule has 110 valence electrons. The first-order valence-corrected chi connectivity index (χ1v) is 6.89. The second-order valence-electron chi connectivity index (χ2n) is 3.99. The van der Waals surface area contributed by atoms with E-state index in [1.54, 1.807) is 41.3 Å². The molecule has 0 aliphatic rings. The Bertz CT molecular complexity index is 598. The van der Waals surface area contributed by atoms with Crippen molar-refractivity contribution in [3.63, 3.8) is 0 Å². The van der Waals surface area contributed by atoms with Gasteiger partial charge >= 0.3 is 6.09 Å². The van der Waals surface area contributed by atoms with E-state index >= 15 is 0 Å². The Morgan fingerprint density at radius 3 is 2.67 bits per heavy atom. The fourth-order valence-electron chi connectivity index (χ4n) is 1.52. The number of carbonyl (C=O) groups excluding carboxylic acids is 2. The molecule has 2 aromatic rings. The third kappa shape index (κ3) is 4.55. The molecule has 0 spiro atoms. The van der Waals surface area contributed by atoms with E-state index in [0.29, 0.717) is 5.56 Å². The van der Waals surface area contributed by atoms with Crippen molar-refractivity contribution in [2.75, 3.05) is 0 Å². The number of ether oxygens (including phenoxy) is 1. The van der Waals surface area contributed by atoms with Gasteiger partial charge in [-0.2, -0.15) is 0 Å². The van der Waals surface area contributed by atoms with Crippen LogP contribution in [0.15, 0.2) is 35.8 Å². The van der Waals surface area contributed by atoms with Crippen LogP contribution in [-0.2, 0) is 17.9 Å². The highest BCUT2D eigenvalue weighted by atomic mass is 32.1. The molecule has 21 heavy (non-hydrogen) atoms. The van der Waals surface area contributed by atoms with Crippen LogP contribution in [0.5, 0.6) is 0 Å². The molecule has 1 heterocycles. The van der Waals surface area contributed by atoms with Crippen molar-refractivity contribution >= 4 is 23.3 Å². The normalized spacial score (nSPS) is 9.95. The topological polar surface area (TPSA) is 101 Å². The average Bonchev–Trinajstić information content (AvgIpc) is 3.04. The number of nitrogens with one attached hydrogen (secondary N) is 2. The molecule has 2 rings (SSSR count). The van der Waals surface area contributed by atoms with Gasteiger partial charge in [-0.25, -0.2) is 15.3 Å². The molecule has 0 unspecified atom stereocenters. The van der Waals surface area contributed by atoms with Gasteiger partial charge in [0.15, 0.2) is 0 Å². The highest BCUT2D eigenvalue weighted by Crippen LogP contribution is 2.06. The van der Waals surface area contributed by atoms with Crippen LogP contribution in [0.25, 0.3) is 0 Å². The van der Waals surface area contributed by atoms with Gasteiger partial charge in [-0.1, -0.05) is 12.1 Å². The summed E-state index contributed by atoms with van der Waals surface area (Å²) in [4.78, 5) is 26.6. The minimum Gasteiger partial charge on any atom is -0.442 e. The van der Waals surface area contributed by atoms with Crippen LogP contribution in [-0.4, -0.2) is 22.2 Å². The molecule has 0 fully saturated rings. The lowest BCUT2D eigenvalue weighted by atomic mass is 10.1. The molecule has 1 aromatic carbocycles. The fraction of sp³-hybridized carbons (Fsp3) is 0.154. The van der Waals surface area contributed by atoms with E-state index in [4.69, 9.17) is 9.94 Å². The lowest BCUT2D eigenvalue weighted by Crippen LogP contribution is -2.23. The molecular weight excluding hydrogens is 294 g/mol. The number of amides is 2. The second-order valence-corrected chi connectivity index (χ2v) is 4.97. The number of benzene rings is 1. The molecular formula is C13H13N3O4S. The lowest BCUT2D eigenvalue weighted by molar-refractivity contribution is 0.0706. The van der Waals surface area contributed by atoms with Crippen LogP contribution in [0, 0.1) is 0 Å². The predicted molar refractivity (Wildman–Crippen MR) is 74.8 cm³/mol. The number of hydrogen-bond donors (Lipinski definition) is 3. The molecule has 0 saturated heterocycles. The maximum atomic E-state index is 11.5. The van der Waals surface area contributed by atoms with Gasteiger partial charge in [0.2, 0.25) is 0 Å². The summed E-state index contributed by atoms with van der Waals surface area (Å²) >= 11 is 1.41. The minimum atomic E-state index is -0.586. The van der Waals surface area contributed by atoms with Gasteiger partial charge in [0.05, 0.1) is 0 Å². The van der Waals surface area contributed by atoms with Crippen LogP contribution in [0.1, 0.15) is 20.9 Å². The number of hydroxylamine groups is 1. The number of rotatable bonds is 5. The highest BCUT2D eigenvalue weighted by molar-refractivity contribution is 7.09. The molecule has 0 radical (unpaired) electrons. The summed E-state index contributed by atoms with van der Waals surface area (Å²) in [6.45, 7) is 0.414. The Kier molecular flexibility index (Phi) is 5.24. The first-order valence-electron chi connectivity index (χ1n) is 6.01. The summed E-state index contributed by atoms with van der Waals surface area (Å²) in [6.07, 6.45) is 1.10. The minimum absolute atomic E-state index is 0.138. The van der Waals surface area contributed by atoms with Crippen molar-refractivity contribution in [1.29, 1.82) is 0 Å². The van der Waals surface area contributed by atoms with Gasteiger partial charge in [-0.05, 0) is 17.7 Å². The largest absolute Gasteiger partial charge is 0.442 e. The molecule has 7 nitrogen and oxygen atoms in total. The van der Waals surface area contributed by atoms with Gasteiger partial charge in [-0.3, -0.25) is 10.0 Å². The van der Waals surface area contributed by atoms with E-state index in [0.717, 1.165) is 10.6 Å². The summed E-state index contributed by atoms with van der Waals surface area (Å²) in [6, 6.07) is 6.43. The molecule has 8 heteroatoms. The van der Waals surface area contributed by atoms with Gasteiger partial charge in [0, 0.05) is 23.7 Å². The molecule has 1 aromatic heterocycles. The van der Waals surface area contributed by atoms with Gasteiger partial charge in [0.1, 0.15) is 11.6 Å². The molecule has 2 amide bonds. The van der Waals surface area contributed by atoms with Crippen LogP contribution >= 0.6 is 11.3 Å². The molecule has 0 bridgehead atoms. The monoisotopic (exact) mass is 307 g/mol. The molecule has 0 aliphatic heterocycles. The number of aromatic nitrogens is 1. The number of alkyl carbamates (subject to hydrolysis) is 1. The van der Waals surface area contributed by atoms with Gasteiger partial charge < -0.3 is 10.1 Å². The van der Waals surface area contributed by atoms with Crippen molar-refractivity contribution < 1.29 is 19.5 Å². The smallest absolute Gasteiger partial charge is 0.407 e. The highest BCUT2D eigenvalue weighted by Gasteiger charge is 2.06. The maximum absolute atomic E-state index is 11.5. The quantitative estimate of drug-likeness (QED) is 0.576. The molecule has 0 saturated carbocycles. The average molecular weight is 307 g/mol. The third-order valence-electron chi connectivity index (χ3n) is 2.56. The van der Waals surface area contributed by atoms with Crippen molar-refractivity contribution in [1.82, 2.24) is 15.8 Å². The first kappa shape index (κ1) is 14.9. The van der Waals surface area contributed by atoms with E-state index in [9.17, 15) is 9.59 Å². The zero-order valence-electron chi connectivity index (χ0n) is 10.9. The number of nitrogens with zero attached hydrogens (tertiary/aromatic N) is 1. The van der Waals surface area contributed by atoms with Crippen LogP contribution in [0.3, 0.4) is 0 Å². The van der Waals surface area contributed by atoms with E-state index < -0.39 is 12.0 Å². The van der Waals surface area contributed by atoms with E-state index in [1.165, 1.54) is 11.3 Å². The Morgan fingerprint density at radius 2 is 2.05 bits per heavy atom. The van der Waals surface area contributed by atoms with E-state index in [1.807, 2.05) is 0 Å². The third-order valence-corrected chi connectivity index (χ3v) is 3.32. The Morgan fingerprint density at radius 1 is 1.29 bits per heavy atom. The summed E-state index contributed by atoms with van der Waals surface area (Å²) in [5, 5.41) is 13.6. The van der Waals surface area contributed by atoms with Crippen LogP contribution in [0.4, 0.5) is 4.79 Å². The van der Waals surface area contributed by atoms with Crippen molar-refractivity contribution in [2.45, 2.75) is 13.2 Å². The zero-order chi connectivity index (χ0) is 15.1. The fourth-order valence-corrected chi connectivity index (χ4v) is 2.04. The van der Waals surface area contributed by atoms with Crippen LogP contribution in [0.2, 0.25) is 0 Å². The first-order chi connectivity index (χ1) is 10.2. The molecule has 3 N–H and O–H groups in total. The van der Waals surface area contributed by atoms with Crippen molar-refractivity contribution in [3.05, 3.63) is 52.0 Å².